The average Bonchev–Trinajstić information content (AvgIpc) is 3.57. The van der Waals surface area contributed by atoms with Crippen molar-refractivity contribution in [3.63, 3.8) is 0 Å². The number of hydrogen-bond donors (Lipinski definition) is 0. The first-order chi connectivity index (χ1) is 28.1. The molecule has 8 aromatic rings. The third-order valence-corrected chi connectivity index (χ3v) is 27.8. The summed E-state index contributed by atoms with van der Waals surface area (Å²) in [5.41, 5.74) is 16.5. The van der Waals surface area contributed by atoms with E-state index in [2.05, 4.69) is 217 Å². The maximum Gasteiger partial charge on any atom is 0.0867 e. The van der Waals surface area contributed by atoms with E-state index in [9.17, 15) is 0 Å². The van der Waals surface area contributed by atoms with Crippen molar-refractivity contribution in [3.05, 3.63) is 144 Å². The van der Waals surface area contributed by atoms with Crippen molar-refractivity contribution in [1.29, 1.82) is 0 Å². The van der Waals surface area contributed by atoms with Crippen molar-refractivity contribution in [2.75, 3.05) is 0 Å². The second kappa shape index (κ2) is 12.4. The minimum atomic E-state index is -2.05. The fourth-order valence-electron chi connectivity index (χ4n) is 11.1. The van der Waals surface area contributed by atoms with Crippen molar-refractivity contribution < 1.29 is 0 Å². The Bertz CT molecular complexity index is 2890. The Balaban J connectivity index is 1.33. The molecule has 0 aliphatic heterocycles. The zero-order valence-electron chi connectivity index (χ0n) is 38.5. The number of benzene rings is 8. The monoisotopic (exact) mass is 814 g/mol. The van der Waals surface area contributed by atoms with Gasteiger partial charge in [0.15, 0.2) is 0 Å². The fourth-order valence-corrected chi connectivity index (χ4v) is 15.4. The summed E-state index contributed by atoms with van der Waals surface area (Å²) in [7, 11) is -4.09. The van der Waals surface area contributed by atoms with Gasteiger partial charge in [-0.2, -0.15) is 0 Å². The van der Waals surface area contributed by atoms with Crippen molar-refractivity contribution in [2.45, 2.75) is 116 Å². The summed E-state index contributed by atoms with van der Waals surface area (Å²) in [6.07, 6.45) is 0. The summed E-state index contributed by atoms with van der Waals surface area (Å²) in [6, 6.07) is 48.2. The lowest BCUT2D eigenvalue weighted by molar-refractivity contribution is 0.660. The van der Waals surface area contributed by atoms with Crippen LogP contribution in [0.4, 0.5) is 0 Å². The molecule has 2 heteroatoms. The number of hydrogen-bond acceptors (Lipinski definition) is 0. The molecule has 0 atom stereocenters. The molecule has 0 unspecified atom stereocenters. The fraction of sp³-hybridized carbons (Fsp3) is 0.310. The Morgan fingerprint density at radius 2 is 0.683 bits per heavy atom. The minimum absolute atomic E-state index is 0.0628. The highest BCUT2D eigenvalue weighted by Gasteiger charge is 2.42. The molecule has 0 bridgehead atoms. The summed E-state index contributed by atoms with van der Waals surface area (Å²) >= 11 is 0. The first kappa shape index (κ1) is 39.4. The SMILES string of the molecule is CC1(C)c2ccccc2-c2ccc(-c3cc([Si](C)(C)C(C)(C)C)c4ccc5c(-c6ccc7c(c6)C(C)(C)c6ccccc6-7)cc([Si](C)(C)C(C)(C)C)c6ccc3c4c56)cc21. The zero-order valence-corrected chi connectivity index (χ0v) is 40.5. The molecular weight excluding hydrogens is 753 g/mol. The topological polar surface area (TPSA) is 0 Å². The van der Waals surface area contributed by atoms with Crippen molar-refractivity contribution in [2.24, 2.45) is 0 Å². The molecule has 0 fully saturated rings. The van der Waals surface area contributed by atoms with Gasteiger partial charge in [-0.3, -0.25) is 0 Å². The molecule has 0 amide bonds. The van der Waals surface area contributed by atoms with Crippen LogP contribution in [0.15, 0.2) is 121 Å². The predicted molar refractivity (Wildman–Crippen MR) is 270 cm³/mol. The van der Waals surface area contributed by atoms with Crippen LogP contribution in [0.25, 0.3) is 76.8 Å². The molecule has 0 aromatic heterocycles. The Morgan fingerprint density at radius 1 is 0.350 bits per heavy atom. The average molecular weight is 815 g/mol. The van der Waals surface area contributed by atoms with Crippen molar-refractivity contribution >= 4 is 58.8 Å². The normalized spacial score (nSPS) is 15.8. The van der Waals surface area contributed by atoms with Crippen LogP contribution in [-0.2, 0) is 10.8 Å². The molecule has 0 saturated carbocycles. The van der Waals surface area contributed by atoms with Gasteiger partial charge in [-0.05, 0) is 121 Å². The Kier molecular flexibility index (Phi) is 8.15. The third-order valence-electron chi connectivity index (χ3n) is 16.8. The van der Waals surface area contributed by atoms with Crippen LogP contribution in [-0.4, -0.2) is 16.1 Å². The van der Waals surface area contributed by atoms with Crippen LogP contribution in [0.2, 0.25) is 36.3 Å². The van der Waals surface area contributed by atoms with Crippen LogP contribution in [0.1, 0.15) is 91.5 Å². The second-order valence-electron chi connectivity index (χ2n) is 22.6. The van der Waals surface area contributed by atoms with E-state index in [1.165, 1.54) is 99.1 Å². The highest BCUT2D eigenvalue weighted by atomic mass is 28.3. The molecule has 0 spiro atoms. The van der Waals surface area contributed by atoms with E-state index in [4.69, 9.17) is 0 Å². The van der Waals surface area contributed by atoms with Gasteiger partial charge < -0.3 is 0 Å². The summed E-state index contributed by atoms with van der Waals surface area (Å²) in [5.74, 6) is 0. The van der Waals surface area contributed by atoms with E-state index in [0.717, 1.165) is 0 Å². The highest BCUT2D eigenvalue weighted by molar-refractivity contribution is 6.94. The standard InChI is InChI=1S/C58H62Si2/c1-55(2,3)59(11,12)51-33-45(35-23-25-39-37-19-15-17-21-47(37)57(7,8)49(39)31-35)41-28-30-44-52(60(13,14)56(4,5)6)34-46(42-27-29-43(51)53(41)54(42)44)36-24-26-40-38-20-16-18-22-48(38)58(9,10)50(40)32-36/h15-34H,1-14H3. The molecule has 0 saturated heterocycles. The molecule has 302 valence electrons. The lowest BCUT2D eigenvalue weighted by atomic mass is 9.80. The van der Waals surface area contributed by atoms with Gasteiger partial charge in [0.25, 0.3) is 0 Å². The smallest absolute Gasteiger partial charge is 0.0650 e. The molecule has 2 aliphatic rings. The quantitative estimate of drug-likeness (QED) is 0.123. The summed E-state index contributed by atoms with van der Waals surface area (Å²) in [4.78, 5) is 0. The summed E-state index contributed by atoms with van der Waals surface area (Å²) in [6.45, 7) is 35.0. The van der Waals surface area contributed by atoms with E-state index in [0.29, 0.717) is 0 Å². The summed E-state index contributed by atoms with van der Waals surface area (Å²) in [5, 5.41) is 12.1. The van der Waals surface area contributed by atoms with Crippen LogP contribution in [0, 0.1) is 0 Å². The van der Waals surface area contributed by atoms with E-state index >= 15 is 0 Å². The van der Waals surface area contributed by atoms with E-state index in [-0.39, 0.29) is 20.9 Å². The predicted octanol–water partition coefficient (Wildman–Crippen LogP) is 16.0. The first-order valence-corrected chi connectivity index (χ1v) is 28.4. The van der Waals surface area contributed by atoms with Gasteiger partial charge in [0, 0.05) is 10.8 Å². The minimum Gasteiger partial charge on any atom is -0.0650 e. The van der Waals surface area contributed by atoms with E-state index in [1.807, 2.05) is 0 Å². The molecule has 2 aliphatic carbocycles. The largest absolute Gasteiger partial charge is 0.0867 e. The van der Waals surface area contributed by atoms with Gasteiger partial charge in [0.1, 0.15) is 0 Å². The van der Waals surface area contributed by atoms with Gasteiger partial charge in [-0.1, -0.05) is 215 Å². The lowest BCUT2D eigenvalue weighted by Crippen LogP contribution is -2.50. The number of rotatable bonds is 4. The Hall–Kier alpha value is -4.77. The molecule has 0 N–H and O–H groups in total. The molecule has 0 radical (unpaired) electrons. The van der Waals surface area contributed by atoms with Crippen molar-refractivity contribution in [1.82, 2.24) is 0 Å². The lowest BCUT2D eigenvalue weighted by Gasteiger charge is -2.40. The molecule has 10 rings (SSSR count). The maximum absolute atomic E-state index is 2.64. The maximum atomic E-state index is 2.64. The highest BCUT2D eigenvalue weighted by Crippen LogP contribution is 2.53. The van der Waals surface area contributed by atoms with Crippen LogP contribution in [0.5, 0.6) is 0 Å². The van der Waals surface area contributed by atoms with Crippen molar-refractivity contribution in [3.8, 4) is 44.5 Å². The van der Waals surface area contributed by atoms with Crippen LogP contribution in [0.3, 0.4) is 0 Å². The van der Waals surface area contributed by atoms with E-state index < -0.39 is 16.1 Å². The molecule has 60 heavy (non-hydrogen) atoms. The van der Waals surface area contributed by atoms with Gasteiger partial charge >= 0.3 is 0 Å². The molecule has 8 aromatic carbocycles. The summed E-state index contributed by atoms with van der Waals surface area (Å²) < 4.78 is 0. The van der Waals surface area contributed by atoms with Gasteiger partial charge in [0.2, 0.25) is 0 Å². The molecule has 0 nitrogen and oxygen atoms in total. The van der Waals surface area contributed by atoms with Gasteiger partial charge in [0.05, 0.1) is 16.1 Å². The third kappa shape index (κ3) is 5.19. The Morgan fingerprint density at radius 3 is 1.05 bits per heavy atom. The van der Waals surface area contributed by atoms with Gasteiger partial charge in [-0.15, -0.1) is 0 Å². The second-order valence-corrected chi connectivity index (χ2v) is 33.2. The van der Waals surface area contributed by atoms with Crippen LogP contribution >= 0.6 is 0 Å². The first-order valence-electron chi connectivity index (χ1n) is 22.4. The van der Waals surface area contributed by atoms with E-state index in [1.54, 1.807) is 10.4 Å². The molecular formula is C58H62Si2. The molecule has 0 heterocycles. The van der Waals surface area contributed by atoms with Gasteiger partial charge in [-0.25, -0.2) is 0 Å². The Labute approximate surface area is 361 Å². The number of fused-ring (bicyclic) bond motifs is 6. The zero-order chi connectivity index (χ0) is 42.7. The van der Waals surface area contributed by atoms with Crippen LogP contribution < -0.4 is 10.4 Å².